The molecule has 5 nitrogen and oxygen atoms in total. The Balaban J connectivity index is 2.55. The molecule has 2 aromatic rings. The summed E-state index contributed by atoms with van der Waals surface area (Å²) in [5.74, 6) is 0. The van der Waals surface area contributed by atoms with Gasteiger partial charge in [0.1, 0.15) is 0 Å². The first kappa shape index (κ1) is 14.0. The van der Waals surface area contributed by atoms with E-state index in [1.807, 2.05) is 24.3 Å². The van der Waals surface area contributed by atoms with Crippen molar-refractivity contribution in [2.24, 2.45) is 0 Å². The third kappa shape index (κ3) is 3.33. The van der Waals surface area contributed by atoms with Crippen LogP contribution in [-0.2, 0) is 0 Å². The van der Waals surface area contributed by atoms with E-state index < -0.39 is 10.5 Å². The minimum Gasteiger partial charge on any atom is -0.386 e. The molecule has 0 saturated carbocycles. The van der Waals surface area contributed by atoms with Crippen LogP contribution in [0.15, 0.2) is 36.5 Å². The largest absolute Gasteiger partial charge is 0.386 e. The molecule has 0 aliphatic heterocycles. The molecule has 0 spiro atoms. The maximum atomic E-state index is 10.5. The van der Waals surface area contributed by atoms with Gasteiger partial charge in [0.05, 0.1) is 10.5 Å². The zero-order chi connectivity index (χ0) is 14.8. The van der Waals surface area contributed by atoms with Crippen LogP contribution in [0.1, 0.15) is 25.1 Å². The van der Waals surface area contributed by atoms with Gasteiger partial charge >= 0.3 is 0 Å². The Bertz CT molecular complexity index is 691. The minimum absolute atomic E-state index is 0.495. The molecule has 0 unspecified atom stereocenters. The summed E-state index contributed by atoms with van der Waals surface area (Å²) in [4.78, 5) is 13.2. The Hall–Kier alpha value is -2.40. The van der Waals surface area contributed by atoms with E-state index in [9.17, 15) is 15.2 Å². The number of aromatic amines is 1. The number of nitrogens with one attached hydrogen (secondary N) is 1. The van der Waals surface area contributed by atoms with Gasteiger partial charge in [0.15, 0.2) is 0 Å². The molecule has 0 radical (unpaired) electrons. The molecule has 5 heteroatoms. The number of hydrogen-bond donors (Lipinski definition) is 2. The summed E-state index contributed by atoms with van der Waals surface area (Å²) in [5.41, 5.74) is 1.41. The minimum atomic E-state index is -0.943. The smallest absolute Gasteiger partial charge is 0.235 e. The molecule has 0 saturated heterocycles. The zero-order valence-electron chi connectivity index (χ0n) is 11.3. The van der Waals surface area contributed by atoms with Crippen molar-refractivity contribution in [3.63, 3.8) is 0 Å². The summed E-state index contributed by atoms with van der Waals surface area (Å²) in [6.45, 7) is 3.33. The highest BCUT2D eigenvalue weighted by Crippen LogP contribution is 2.25. The predicted molar refractivity (Wildman–Crippen MR) is 79.7 cm³/mol. The summed E-state index contributed by atoms with van der Waals surface area (Å²) in [6.07, 6.45) is 5.75. The van der Waals surface area contributed by atoms with Crippen molar-refractivity contribution >= 4 is 23.1 Å². The van der Waals surface area contributed by atoms with E-state index in [1.54, 1.807) is 26.0 Å². The molecular formula is C15H16N2O3. The molecule has 0 aliphatic rings. The maximum Gasteiger partial charge on any atom is 0.235 e. The van der Waals surface area contributed by atoms with E-state index in [4.69, 9.17) is 0 Å². The summed E-state index contributed by atoms with van der Waals surface area (Å²) in [5, 5.41) is 21.1. The van der Waals surface area contributed by atoms with Gasteiger partial charge in [0.25, 0.3) is 0 Å². The number of aliphatic hydroxyl groups is 1. The van der Waals surface area contributed by atoms with Crippen molar-refractivity contribution in [3.05, 3.63) is 57.9 Å². The summed E-state index contributed by atoms with van der Waals surface area (Å²) in [6, 6.07) is 7.57. The Labute approximate surface area is 116 Å². The fourth-order valence-electron chi connectivity index (χ4n) is 1.92. The Kier molecular flexibility index (Phi) is 3.72. The van der Waals surface area contributed by atoms with E-state index >= 15 is 0 Å². The van der Waals surface area contributed by atoms with Crippen LogP contribution in [0.5, 0.6) is 0 Å². The molecule has 104 valence electrons. The molecule has 1 aromatic carbocycles. The van der Waals surface area contributed by atoms with Gasteiger partial charge < -0.3 is 10.1 Å². The lowest BCUT2D eigenvalue weighted by Crippen LogP contribution is -2.13. The van der Waals surface area contributed by atoms with Gasteiger partial charge in [-0.1, -0.05) is 24.3 Å². The van der Waals surface area contributed by atoms with Crippen LogP contribution < -0.4 is 0 Å². The maximum absolute atomic E-state index is 10.5. The van der Waals surface area contributed by atoms with Crippen LogP contribution in [-0.4, -0.2) is 20.6 Å². The van der Waals surface area contributed by atoms with Crippen molar-refractivity contribution in [2.75, 3.05) is 0 Å². The highest BCUT2D eigenvalue weighted by molar-refractivity contribution is 5.93. The van der Waals surface area contributed by atoms with Crippen molar-refractivity contribution < 1.29 is 10.0 Å². The van der Waals surface area contributed by atoms with Crippen LogP contribution in [0.3, 0.4) is 0 Å². The quantitative estimate of drug-likeness (QED) is 0.662. The van der Waals surface area contributed by atoms with E-state index in [-0.39, 0.29) is 0 Å². The van der Waals surface area contributed by atoms with Crippen molar-refractivity contribution in [1.82, 2.24) is 4.98 Å². The van der Waals surface area contributed by atoms with Gasteiger partial charge in [-0.05, 0) is 26.0 Å². The molecule has 1 heterocycles. The van der Waals surface area contributed by atoms with E-state index in [1.165, 1.54) is 6.08 Å². The number of para-hydroxylation sites is 1. The second-order valence-electron chi connectivity index (χ2n) is 5.09. The van der Waals surface area contributed by atoms with Crippen LogP contribution in [0.2, 0.25) is 0 Å². The highest BCUT2D eigenvalue weighted by atomic mass is 16.6. The Morgan fingerprint density at radius 3 is 2.65 bits per heavy atom. The molecule has 1 aromatic heterocycles. The number of hydrogen-bond acceptors (Lipinski definition) is 3. The molecule has 20 heavy (non-hydrogen) atoms. The molecular weight excluding hydrogens is 256 g/mol. The third-order valence-electron chi connectivity index (χ3n) is 2.80. The zero-order valence-corrected chi connectivity index (χ0v) is 11.3. The van der Waals surface area contributed by atoms with Crippen LogP contribution in [0.25, 0.3) is 23.1 Å². The topological polar surface area (TPSA) is 79.2 Å². The predicted octanol–water partition coefficient (Wildman–Crippen LogP) is 3.20. The van der Waals surface area contributed by atoms with E-state index in [0.29, 0.717) is 0 Å². The molecule has 2 N–H and O–H groups in total. The number of nitrogens with zero attached hydrogens (tertiary/aromatic N) is 1. The number of benzene rings is 1. The first-order chi connectivity index (χ1) is 9.37. The number of nitro groups is 1. The number of fused-ring (bicyclic) bond motifs is 1. The Morgan fingerprint density at radius 2 is 2.00 bits per heavy atom. The van der Waals surface area contributed by atoms with Crippen molar-refractivity contribution in [1.29, 1.82) is 0 Å². The highest BCUT2D eigenvalue weighted by Gasteiger charge is 2.10. The molecule has 2 rings (SSSR count). The lowest BCUT2D eigenvalue weighted by Gasteiger charge is -2.09. The molecule has 0 bridgehead atoms. The van der Waals surface area contributed by atoms with Crippen molar-refractivity contribution in [3.8, 4) is 0 Å². The van der Waals surface area contributed by atoms with Gasteiger partial charge in [-0.2, -0.15) is 0 Å². The normalized spacial score (nSPS) is 12.8. The first-order valence-electron chi connectivity index (χ1n) is 6.21. The molecule has 0 atom stereocenters. The second kappa shape index (κ2) is 5.30. The molecule has 0 fully saturated rings. The van der Waals surface area contributed by atoms with Gasteiger partial charge in [0.2, 0.25) is 6.20 Å². The fraction of sp³-hybridized carbons (Fsp3) is 0.200. The monoisotopic (exact) mass is 272 g/mol. The SMILES string of the molecule is CC(C)(O)C=Cc1[nH]c2ccccc2c1C=C[N+](=O)[O-]. The van der Waals surface area contributed by atoms with E-state index in [0.717, 1.165) is 28.4 Å². The van der Waals surface area contributed by atoms with Gasteiger partial charge in [0, 0.05) is 28.2 Å². The molecule has 0 aliphatic carbocycles. The Morgan fingerprint density at radius 1 is 1.30 bits per heavy atom. The molecule has 0 amide bonds. The average molecular weight is 272 g/mol. The summed E-state index contributed by atoms with van der Waals surface area (Å²) >= 11 is 0. The van der Waals surface area contributed by atoms with Crippen molar-refractivity contribution in [2.45, 2.75) is 19.4 Å². The third-order valence-corrected chi connectivity index (χ3v) is 2.80. The standard InChI is InChI=1S/C15H16N2O3/c1-15(2,18)9-7-14-12(8-10-17(19)20)11-5-3-4-6-13(11)16-14/h3-10,16,18H,1-2H3. The van der Waals surface area contributed by atoms with Crippen LogP contribution in [0, 0.1) is 10.1 Å². The average Bonchev–Trinajstić information content (AvgIpc) is 2.71. The first-order valence-corrected chi connectivity index (χ1v) is 6.21. The summed E-state index contributed by atoms with van der Waals surface area (Å²) in [7, 11) is 0. The lowest BCUT2D eigenvalue weighted by atomic mass is 10.1. The lowest BCUT2D eigenvalue weighted by molar-refractivity contribution is -0.400. The second-order valence-corrected chi connectivity index (χ2v) is 5.09. The van der Waals surface area contributed by atoms with Gasteiger partial charge in [-0.15, -0.1) is 0 Å². The van der Waals surface area contributed by atoms with Gasteiger partial charge in [-0.25, -0.2) is 0 Å². The number of rotatable bonds is 4. The van der Waals surface area contributed by atoms with E-state index in [2.05, 4.69) is 4.98 Å². The van der Waals surface area contributed by atoms with Crippen LogP contribution >= 0.6 is 0 Å². The number of aromatic nitrogens is 1. The van der Waals surface area contributed by atoms with Gasteiger partial charge in [-0.3, -0.25) is 10.1 Å². The fourth-order valence-corrected chi connectivity index (χ4v) is 1.92. The number of H-pyrrole nitrogens is 1. The van der Waals surface area contributed by atoms with Crippen LogP contribution in [0.4, 0.5) is 0 Å². The summed E-state index contributed by atoms with van der Waals surface area (Å²) < 4.78 is 0.